The zero-order valence-electron chi connectivity index (χ0n) is 15.9. The smallest absolute Gasteiger partial charge is 0.226 e. The van der Waals surface area contributed by atoms with E-state index in [-0.39, 0.29) is 17.7 Å². The summed E-state index contributed by atoms with van der Waals surface area (Å²) in [5.74, 6) is 1.64. The predicted octanol–water partition coefficient (Wildman–Crippen LogP) is 3.21. The number of fused-ring (bicyclic) bond motifs is 1. The van der Waals surface area contributed by atoms with Gasteiger partial charge in [0.05, 0.1) is 18.5 Å². The molecule has 3 heterocycles. The molecule has 0 aliphatic carbocycles. The lowest BCUT2D eigenvalue weighted by atomic mass is 9.83. The van der Waals surface area contributed by atoms with Gasteiger partial charge in [0.1, 0.15) is 11.6 Å². The Hall–Kier alpha value is -3.09. The lowest BCUT2D eigenvalue weighted by Crippen LogP contribution is -2.25. The van der Waals surface area contributed by atoms with Gasteiger partial charge < -0.3 is 10.1 Å². The van der Waals surface area contributed by atoms with Crippen LogP contribution in [0.25, 0.3) is 5.69 Å². The highest BCUT2D eigenvalue weighted by Crippen LogP contribution is 2.43. The zero-order chi connectivity index (χ0) is 19.1. The Kier molecular flexibility index (Phi) is 4.22. The molecule has 3 aromatic rings. The number of benzene rings is 1. The SMILES string of the molecule is COc1ccc(-n2cccn2)c(C2CC(=O)Nc3c2c(C(C)C)nn3C)c1. The van der Waals surface area contributed by atoms with Crippen molar-refractivity contribution in [1.29, 1.82) is 0 Å². The van der Waals surface area contributed by atoms with E-state index in [1.165, 1.54) is 0 Å². The van der Waals surface area contributed by atoms with Crippen LogP contribution in [0.2, 0.25) is 0 Å². The summed E-state index contributed by atoms with van der Waals surface area (Å²) >= 11 is 0. The summed E-state index contributed by atoms with van der Waals surface area (Å²) in [5, 5.41) is 12.1. The van der Waals surface area contributed by atoms with E-state index in [1.807, 2.05) is 42.2 Å². The molecule has 1 amide bonds. The van der Waals surface area contributed by atoms with Crippen molar-refractivity contribution in [2.45, 2.75) is 32.1 Å². The molecule has 1 aromatic carbocycles. The summed E-state index contributed by atoms with van der Waals surface area (Å²) in [6.45, 7) is 4.24. The Morgan fingerprint density at radius 2 is 2.15 bits per heavy atom. The minimum atomic E-state index is -0.117. The summed E-state index contributed by atoms with van der Waals surface area (Å²) in [4.78, 5) is 12.5. The molecule has 1 unspecified atom stereocenters. The number of hydrogen-bond acceptors (Lipinski definition) is 4. The molecule has 0 radical (unpaired) electrons. The number of ether oxygens (including phenoxy) is 1. The van der Waals surface area contributed by atoms with E-state index in [4.69, 9.17) is 4.74 Å². The molecule has 1 atom stereocenters. The zero-order valence-corrected chi connectivity index (χ0v) is 15.9. The molecule has 140 valence electrons. The Morgan fingerprint density at radius 1 is 1.33 bits per heavy atom. The molecule has 1 N–H and O–H groups in total. The third-order valence-electron chi connectivity index (χ3n) is 5.02. The molecule has 0 fully saturated rings. The second-order valence-corrected chi connectivity index (χ2v) is 7.11. The standard InChI is InChI=1S/C20H23N5O2/c1-12(2)19-18-15(11-17(26)22-20(18)24(3)23-19)14-10-13(27-4)6-7-16(14)25-9-5-8-21-25/h5-10,12,15H,11H2,1-4H3,(H,22,26). The summed E-state index contributed by atoms with van der Waals surface area (Å²) in [6, 6.07) is 7.79. The van der Waals surface area contributed by atoms with Crippen molar-refractivity contribution in [3.05, 3.63) is 53.5 Å². The van der Waals surface area contributed by atoms with Gasteiger partial charge in [0.2, 0.25) is 5.91 Å². The molecule has 7 heteroatoms. The number of rotatable bonds is 4. The van der Waals surface area contributed by atoms with Gasteiger partial charge in [-0.3, -0.25) is 9.48 Å². The van der Waals surface area contributed by atoms with Crippen LogP contribution in [0, 0.1) is 0 Å². The fourth-order valence-corrected chi connectivity index (χ4v) is 3.77. The third-order valence-corrected chi connectivity index (χ3v) is 5.02. The van der Waals surface area contributed by atoms with E-state index in [9.17, 15) is 4.79 Å². The van der Waals surface area contributed by atoms with Crippen LogP contribution in [0.4, 0.5) is 5.82 Å². The lowest BCUT2D eigenvalue weighted by molar-refractivity contribution is -0.116. The molecule has 0 saturated carbocycles. The molecule has 1 aliphatic rings. The van der Waals surface area contributed by atoms with E-state index in [1.54, 1.807) is 18.0 Å². The van der Waals surface area contributed by atoms with Gasteiger partial charge in [-0.05, 0) is 35.7 Å². The van der Waals surface area contributed by atoms with Crippen LogP contribution in [-0.4, -0.2) is 32.6 Å². The van der Waals surface area contributed by atoms with Crippen LogP contribution in [-0.2, 0) is 11.8 Å². The Bertz CT molecular complexity index is 988. The van der Waals surface area contributed by atoms with Crippen molar-refractivity contribution in [2.24, 2.45) is 7.05 Å². The number of carbonyl (C=O) groups excluding carboxylic acids is 1. The van der Waals surface area contributed by atoms with E-state index < -0.39 is 0 Å². The maximum atomic E-state index is 12.5. The average molecular weight is 365 g/mol. The minimum absolute atomic E-state index is 0.0139. The van der Waals surface area contributed by atoms with Crippen LogP contribution in [0.1, 0.15) is 48.9 Å². The number of aromatic nitrogens is 4. The normalized spacial score (nSPS) is 16.3. The summed E-state index contributed by atoms with van der Waals surface area (Å²) in [7, 11) is 3.52. The van der Waals surface area contributed by atoms with Crippen LogP contribution >= 0.6 is 0 Å². The molecule has 0 saturated heterocycles. The van der Waals surface area contributed by atoms with Gasteiger partial charge in [0, 0.05) is 37.3 Å². The maximum Gasteiger partial charge on any atom is 0.226 e. The molecule has 27 heavy (non-hydrogen) atoms. The number of hydrogen-bond donors (Lipinski definition) is 1. The molecular formula is C20H23N5O2. The number of amides is 1. The molecule has 4 rings (SSSR count). The van der Waals surface area contributed by atoms with Crippen molar-refractivity contribution >= 4 is 11.7 Å². The van der Waals surface area contributed by atoms with Gasteiger partial charge in [0.15, 0.2) is 0 Å². The van der Waals surface area contributed by atoms with Crippen LogP contribution < -0.4 is 10.1 Å². The van der Waals surface area contributed by atoms with Gasteiger partial charge >= 0.3 is 0 Å². The van der Waals surface area contributed by atoms with Crippen molar-refractivity contribution in [2.75, 3.05) is 12.4 Å². The second-order valence-electron chi connectivity index (χ2n) is 7.11. The summed E-state index contributed by atoms with van der Waals surface area (Å²) in [5.41, 5.74) is 4.02. The number of carbonyl (C=O) groups is 1. The Labute approximate surface area is 157 Å². The average Bonchev–Trinajstić information content (AvgIpc) is 3.29. The van der Waals surface area contributed by atoms with Crippen molar-refractivity contribution in [1.82, 2.24) is 19.6 Å². The first-order valence-corrected chi connectivity index (χ1v) is 9.04. The topological polar surface area (TPSA) is 74.0 Å². The summed E-state index contributed by atoms with van der Waals surface area (Å²) < 4.78 is 9.06. The van der Waals surface area contributed by atoms with Crippen molar-refractivity contribution in [3.63, 3.8) is 0 Å². The van der Waals surface area contributed by atoms with Gasteiger partial charge in [-0.25, -0.2) is 4.68 Å². The summed E-state index contributed by atoms with van der Waals surface area (Å²) in [6.07, 6.45) is 4.01. The first-order chi connectivity index (χ1) is 13.0. The van der Waals surface area contributed by atoms with Crippen LogP contribution in [0.15, 0.2) is 36.7 Å². The van der Waals surface area contributed by atoms with Crippen LogP contribution in [0.5, 0.6) is 5.75 Å². The van der Waals surface area contributed by atoms with E-state index in [0.717, 1.165) is 34.1 Å². The second kappa shape index (κ2) is 6.57. The fourth-order valence-electron chi connectivity index (χ4n) is 3.77. The molecule has 7 nitrogen and oxygen atoms in total. The Morgan fingerprint density at radius 3 is 2.81 bits per heavy atom. The first-order valence-electron chi connectivity index (χ1n) is 9.04. The van der Waals surface area contributed by atoms with Crippen molar-refractivity contribution in [3.8, 4) is 11.4 Å². The number of nitrogens with zero attached hydrogens (tertiary/aromatic N) is 4. The quantitative estimate of drug-likeness (QED) is 0.770. The highest BCUT2D eigenvalue weighted by atomic mass is 16.5. The number of anilines is 1. The molecular weight excluding hydrogens is 342 g/mol. The minimum Gasteiger partial charge on any atom is -0.497 e. The first kappa shape index (κ1) is 17.3. The fraction of sp³-hybridized carbons (Fsp3) is 0.350. The molecule has 0 spiro atoms. The Balaban J connectivity index is 1.96. The predicted molar refractivity (Wildman–Crippen MR) is 103 cm³/mol. The molecule has 0 bridgehead atoms. The highest BCUT2D eigenvalue weighted by Gasteiger charge is 2.35. The largest absolute Gasteiger partial charge is 0.497 e. The van der Waals surface area contributed by atoms with Gasteiger partial charge in [-0.1, -0.05) is 13.8 Å². The van der Waals surface area contributed by atoms with E-state index in [0.29, 0.717) is 6.42 Å². The number of methoxy groups -OCH3 is 1. The maximum absolute atomic E-state index is 12.5. The van der Waals surface area contributed by atoms with Gasteiger partial charge in [-0.2, -0.15) is 10.2 Å². The molecule has 1 aliphatic heterocycles. The third kappa shape index (κ3) is 2.89. The van der Waals surface area contributed by atoms with Gasteiger partial charge in [-0.15, -0.1) is 0 Å². The highest BCUT2D eigenvalue weighted by molar-refractivity contribution is 5.95. The van der Waals surface area contributed by atoms with E-state index in [2.05, 4.69) is 29.4 Å². The lowest BCUT2D eigenvalue weighted by Gasteiger charge is -2.27. The number of nitrogens with one attached hydrogen (secondary N) is 1. The number of aryl methyl sites for hydroxylation is 1. The monoisotopic (exact) mass is 365 g/mol. The van der Waals surface area contributed by atoms with Gasteiger partial charge in [0.25, 0.3) is 0 Å². The van der Waals surface area contributed by atoms with Crippen LogP contribution in [0.3, 0.4) is 0 Å². The molecule has 2 aromatic heterocycles. The van der Waals surface area contributed by atoms with E-state index >= 15 is 0 Å². The van der Waals surface area contributed by atoms with Crippen molar-refractivity contribution < 1.29 is 9.53 Å².